The minimum atomic E-state index is -2.18. The van der Waals surface area contributed by atoms with Crippen LogP contribution in [0, 0.1) is 17.8 Å². The molecule has 2 unspecified atom stereocenters. The first-order valence-electron chi connectivity index (χ1n) is 6.79. The van der Waals surface area contributed by atoms with Gasteiger partial charge in [-0.3, -0.25) is 4.79 Å². The van der Waals surface area contributed by atoms with Gasteiger partial charge in [0.1, 0.15) is 0 Å². The third-order valence-electron chi connectivity index (χ3n) is 3.38. The van der Waals surface area contributed by atoms with Crippen LogP contribution in [0.2, 0.25) is 0 Å². The van der Waals surface area contributed by atoms with Crippen molar-refractivity contribution in [1.82, 2.24) is 0 Å². The van der Waals surface area contributed by atoms with Crippen molar-refractivity contribution in [2.45, 2.75) is 59.0 Å². The Kier molecular flexibility index (Phi) is 7.05. The Morgan fingerprint density at radius 2 is 1.42 bits per heavy atom. The van der Waals surface area contributed by atoms with E-state index < -0.39 is 23.5 Å². The summed E-state index contributed by atoms with van der Waals surface area (Å²) in [6.45, 7) is 7.69. The summed E-state index contributed by atoms with van der Waals surface area (Å²) in [5.74, 6) is -3.46. The van der Waals surface area contributed by atoms with Gasteiger partial charge in [0.25, 0.3) is 0 Å². The number of hydrogen-bond donors (Lipinski definition) is 3. The molecule has 0 saturated carbocycles. The molecular formula is C14H26O5. The Hall–Kier alpha value is -1.10. The summed E-state index contributed by atoms with van der Waals surface area (Å²) in [4.78, 5) is 22.6. The van der Waals surface area contributed by atoms with Gasteiger partial charge in [-0.15, -0.1) is 0 Å². The molecule has 0 aliphatic rings. The van der Waals surface area contributed by atoms with Gasteiger partial charge in [-0.25, -0.2) is 4.79 Å². The van der Waals surface area contributed by atoms with Crippen molar-refractivity contribution in [2.75, 3.05) is 0 Å². The Labute approximate surface area is 114 Å². The summed E-state index contributed by atoms with van der Waals surface area (Å²) in [6.07, 6.45) is 1.20. The van der Waals surface area contributed by atoms with Crippen molar-refractivity contribution in [2.24, 2.45) is 17.8 Å². The highest BCUT2D eigenvalue weighted by atomic mass is 16.4. The second-order valence-corrected chi connectivity index (χ2v) is 6.02. The lowest BCUT2D eigenvalue weighted by atomic mass is 9.78. The maximum absolute atomic E-state index is 11.3. The van der Waals surface area contributed by atoms with Crippen LogP contribution in [-0.2, 0) is 9.59 Å². The van der Waals surface area contributed by atoms with Crippen molar-refractivity contribution in [3.05, 3.63) is 0 Å². The first-order chi connectivity index (χ1) is 8.61. The van der Waals surface area contributed by atoms with E-state index in [1.165, 1.54) is 0 Å². The molecule has 0 aromatic carbocycles. The van der Waals surface area contributed by atoms with E-state index in [4.69, 9.17) is 0 Å². The first kappa shape index (κ1) is 17.9. The molecule has 5 nitrogen and oxygen atoms in total. The van der Waals surface area contributed by atoms with Crippen LogP contribution in [-0.4, -0.2) is 32.9 Å². The average Bonchev–Trinajstić information content (AvgIpc) is 2.25. The fraction of sp³-hybridized carbons (Fsp3) is 0.857. The van der Waals surface area contributed by atoms with Crippen LogP contribution >= 0.6 is 0 Å². The first-order valence-corrected chi connectivity index (χ1v) is 6.79. The van der Waals surface area contributed by atoms with E-state index in [0.717, 1.165) is 0 Å². The van der Waals surface area contributed by atoms with Gasteiger partial charge >= 0.3 is 11.9 Å². The van der Waals surface area contributed by atoms with Crippen LogP contribution in [0.3, 0.4) is 0 Å². The molecule has 3 N–H and O–H groups in total. The summed E-state index contributed by atoms with van der Waals surface area (Å²) < 4.78 is 0. The van der Waals surface area contributed by atoms with Gasteiger partial charge in [0, 0.05) is 0 Å². The molecule has 0 bridgehead atoms. The predicted octanol–water partition coefficient (Wildman–Crippen LogP) is 2.38. The fourth-order valence-electron chi connectivity index (χ4n) is 2.01. The van der Waals surface area contributed by atoms with Crippen LogP contribution < -0.4 is 0 Å². The molecule has 0 spiro atoms. The van der Waals surface area contributed by atoms with E-state index in [0.29, 0.717) is 12.8 Å². The minimum Gasteiger partial charge on any atom is -0.481 e. The van der Waals surface area contributed by atoms with Crippen LogP contribution in [0.5, 0.6) is 0 Å². The SMILES string of the molecule is CC(C)CCC(C(=O)O)C(O)(CCC(C)C)C(=O)O. The third kappa shape index (κ3) is 5.59. The Bertz CT molecular complexity index is 311. The predicted molar refractivity (Wildman–Crippen MR) is 71.9 cm³/mol. The van der Waals surface area contributed by atoms with E-state index in [-0.39, 0.29) is 24.7 Å². The lowest BCUT2D eigenvalue weighted by molar-refractivity contribution is -0.176. The van der Waals surface area contributed by atoms with Crippen LogP contribution in [0.15, 0.2) is 0 Å². The zero-order valence-electron chi connectivity index (χ0n) is 12.2. The molecule has 19 heavy (non-hydrogen) atoms. The van der Waals surface area contributed by atoms with Crippen molar-refractivity contribution in [1.29, 1.82) is 0 Å². The quantitative estimate of drug-likeness (QED) is 0.600. The normalized spacial score (nSPS) is 16.4. The van der Waals surface area contributed by atoms with Gasteiger partial charge in [-0.1, -0.05) is 34.1 Å². The fourth-order valence-corrected chi connectivity index (χ4v) is 2.01. The average molecular weight is 274 g/mol. The van der Waals surface area contributed by atoms with E-state index >= 15 is 0 Å². The third-order valence-corrected chi connectivity index (χ3v) is 3.38. The van der Waals surface area contributed by atoms with E-state index in [2.05, 4.69) is 0 Å². The molecule has 0 fully saturated rings. The molecule has 0 aliphatic carbocycles. The molecule has 0 aromatic rings. The number of aliphatic carboxylic acids is 2. The molecule has 0 amide bonds. The van der Waals surface area contributed by atoms with Crippen molar-refractivity contribution < 1.29 is 24.9 Å². The number of rotatable bonds is 9. The van der Waals surface area contributed by atoms with E-state index in [1.807, 2.05) is 27.7 Å². The molecule has 112 valence electrons. The largest absolute Gasteiger partial charge is 0.481 e. The second-order valence-electron chi connectivity index (χ2n) is 6.02. The molecule has 0 radical (unpaired) electrons. The number of carboxylic acid groups (broad SMARTS) is 2. The Morgan fingerprint density at radius 1 is 0.947 bits per heavy atom. The smallest absolute Gasteiger partial charge is 0.336 e. The van der Waals surface area contributed by atoms with Gasteiger partial charge < -0.3 is 15.3 Å². The molecule has 0 rings (SSSR count). The number of carbonyl (C=O) groups is 2. The van der Waals surface area contributed by atoms with Crippen molar-refractivity contribution >= 4 is 11.9 Å². The number of carboxylic acids is 2. The van der Waals surface area contributed by atoms with E-state index in [9.17, 15) is 24.9 Å². The zero-order chi connectivity index (χ0) is 15.2. The lowest BCUT2D eigenvalue weighted by Gasteiger charge is -2.30. The van der Waals surface area contributed by atoms with Gasteiger partial charge in [-0.2, -0.15) is 0 Å². The van der Waals surface area contributed by atoms with Gasteiger partial charge in [0.2, 0.25) is 0 Å². The van der Waals surface area contributed by atoms with Crippen LogP contribution in [0.4, 0.5) is 0 Å². The Morgan fingerprint density at radius 3 is 1.74 bits per heavy atom. The number of hydrogen-bond acceptors (Lipinski definition) is 3. The maximum Gasteiger partial charge on any atom is 0.336 e. The van der Waals surface area contributed by atoms with Gasteiger partial charge in [0.05, 0.1) is 5.92 Å². The molecule has 0 saturated heterocycles. The van der Waals surface area contributed by atoms with Crippen LogP contribution in [0.1, 0.15) is 53.4 Å². The molecule has 5 heteroatoms. The van der Waals surface area contributed by atoms with Crippen molar-refractivity contribution in [3.63, 3.8) is 0 Å². The second kappa shape index (κ2) is 7.48. The highest BCUT2D eigenvalue weighted by Gasteiger charge is 2.47. The zero-order valence-corrected chi connectivity index (χ0v) is 12.2. The number of aliphatic hydroxyl groups is 1. The molecule has 2 atom stereocenters. The van der Waals surface area contributed by atoms with Gasteiger partial charge in [-0.05, 0) is 31.1 Å². The summed E-state index contributed by atoms with van der Waals surface area (Å²) in [6, 6.07) is 0. The minimum absolute atomic E-state index is 0.0327. The van der Waals surface area contributed by atoms with Crippen LogP contribution in [0.25, 0.3) is 0 Å². The summed E-state index contributed by atoms with van der Waals surface area (Å²) in [7, 11) is 0. The van der Waals surface area contributed by atoms with Crippen molar-refractivity contribution in [3.8, 4) is 0 Å². The molecular weight excluding hydrogens is 248 g/mol. The highest BCUT2D eigenvalue weighted by molar-refractivity contribution is 5.85. The topological polar surface area (TPSA) is 94.8 Å². The lowest BCUT2D eigenvalue weighted by Crippen LogP contribution is -2.49. The van der Waals surface area contributed by atoms with Gasteiger partial charge in [0.15, 0.2) is 5.60 Å². The van der Waals surface area contributed by atoms with E-state index in [1.54, 1.807) is 0 Å². The summed E-state index contributed by atoms with van der Waals surface area (Å²) >= 11 is 0. The summed E-state index contributed by atoms with van der Waals surface area (Å²) in [5.41, 5.74) is -2.18. The standard InChI is InChI=1S/C14H26O5/c1-9(2)5-6-11(12(15)16)14(19,13(17)18)8-7-10(3)4/h9-11,19H,5-8H2,1-4H3,(H,15,16)(H,17,18). The molecule has 0 aromatic heterocycles. The Balaban J connectivity index is 5.04. The molecule has 0 aliphatic heterocycles. The summed E-state index contributed by atoms with van der Waals surface area (Å²) in [5, 5.41) is 28.7. The highest BCUT2D eigenvalue weighted by Crippen LogP contribution is 2.30. The maximum atomic E-state index is 11.3. The monoisotopic (exact) mass is 274 g/mol. The molecule has 0 heterocycles.